The zero-order chi connectivity index (χ0) is 16.2. The molecule has 1 aromatic heterocycles. The molecule has 0 saturated carbocycles. The maximum Gasteiger partial charge on any atom is 0.224 e. The molecule has 8 heteroatoms. The van der Waals surface area contributed by atoms with E-state index >= 15 is 0 Å². The molecule has 0 spiro atoms. The molecule has 0 radical (unpaired) electrons. The molecule has 0 amide bonds. The van der Waals surface area contributed by atoms with Gasteiger partial charge in [0.05, 0.1) is 17.7 Å². The van der Waals surface area contributed by atoms with Gasteiger partial charge in [-0.25, -0.2) is 4.98 Å². The second-order valence-electron chi connectivity index (χ2n) is 5.82. The number of hydrogen-bond acceptors (Lipinski definition) is 6. The van der Waals surface area contributed by atoms with E-state index in [1.54, 1.807) is 6.20 Å². The number of carbonyl (C=O) groups excluding carboxylic acids is 1. The summed E-state index contributed by atoms with van der Waals surface area (Å²) in [6, 6.07) is -0.325. The van der Waals surface area contributed by atoms with E-state index in [4.69, 9.17) is 21.1 Å². The molecular weight excluding hydrogens is 386 g/mol. The van der Waals surface area contributed by atoms with Gasteiger partial charge in [0.15, 0.2) is 5.78 Å². The Morgan fingerprint density at radius 2 is 2.13 bits per heavy atom. The third kappa shape index (κ3) is 4.21. The van der Waals surface area contributed by atoms with E-state index in [-0.39, 0.29) is 17.1 Å². The Balaban J connectivity index is 1.75. The van der Waals surface area contributed by atoms with Gasteiger partial charge in [0.2, 0.25) is 5.28 Å². The maximum atomic E-state index is 12.8. The molecular formula is C15H19BrClN3O3. The highest BCUT2D eigenvalue weighted by atomic mass is 79.9. The van der Waals surface area contributed by atoms with Gasteiger partial charge in [-0.15, -0.1) is 0 Å². The number of halogens is 2. The largest absolute Gasteiger partial charge is 0.381 e. The molecule has 23 heavy (non-hydrogen) atoms. The molecule has 3 heterocycles. The average molecular weight is 405 g/mol. The molecule has 2 saturated heterocycles. The van der Waals surface area contributed by atoms with Crippen molar-refractivity contribution >= 4 is 39.1 Å². The van der Waals surface area contributed by atoms with Crippen LogP contribution in [0.4, 0.5) is 5.82 Å². The molecule has 3 rings (SSSR count). The Morgan fingerprint density at radius 3 is 2.91 bits per heavy atom. The number of rotatable bonds is 4. The number of Topliss-reactive ketones (excluding diaryl/α,β-unsaturated/α-hetero) is 1. The van der Waals surface area contributed by atoms with Gasteiger partial charge in [0.1, 0.15) is 11.9 Å². The lowest BCUT2D eigenvalue weighted by Crippen LogP contribution is -2.51. The quantitative estimate of drug-likeness (QED) is 0.718. The zero-order valence-corrected chi connectivity index (χ0v) is 15.1. The molecule has 1 aromatic rings. The van der Waals surface area contributed by atoms with E-state index in [1.807, 2.05) is 4.90 Å². The number of morpholine rings is 1. The van der Waals surface area contributed by atoms with Crippen molar-refractivity contribution in [3.8, 4) is 0 Å². The van der Waals surface area contributed by atoms with E-state index in [2.05, 4.69) is 25.9 Å². The molecule has 1 atom stereocenters. The normalized spacial score (nSPS) is 23.0. The summed E-state index contributed by atoms with van der Waals surface area (Å²) in [4.78, 5) is 23.0. The Bertz CT molecular complexity index is 569. The van der Waals surface area contributed by atoms with Gasteiger partial charge in [-0.3, -0.25) is 4.79 Å². The molecule has 0 bridgehead atoms. The second kappa shape index (κ2) is 7.88. The van der Waals surface area contributed by atoms with E-state index in [1.165, 1.54) is 0 Å². The molecule has 2 aliphatic heterocycles. The zero-order valence-electron chi connectivity index (χ0n) is 12.7. The van der Waals surface area contributed by atoms with Crippen LogP contribution in [-0.4, -0.2) is 54.8 Å². The lowest BCUT2D eigenvalue weighted by molar-refractivity contribution is -0.124. The summed E-state index contributed by atoms with van der Waals surface area (Å²) < 4.78 is 11.6. The molecule has 0 N–H and O–H groups in total. The number of anilines is 1. The Morgan fingerprint density at radius 1 is 1.35 bits per heavy atom. The van der Waals surface area contributed by atoms with E-state index in [0.717, 1.165) is 30.5 Å². The first-order valence-corrected chi connectivity index (χ1v) is 8.95. The van der Waals surface area contributed by atoms with Crippen LogP contribution in [0.15, 0.2) is 10.7 Å². The monoisotopic (exact) mass is 403 g/mol. The summed E-state index contributed by atoms with van der Waals surface area (Å²) in [5.41, 5.74) is 0. The van der Waals surface area contributed by atoms with Crippen molar-refractivity contribution in [3.63, 3.8) is 0 Å². The van der Waals surface area contributed by atoms with Crippen molar-refractivity contribution in [2.24, 2.45) is 5.92 Å². The Kier molecular flexibility index (Phi) is 5.85. The number of aromatic nitrogens is 2. The van der Waals surface area contributed by atoms with Crippen LogP contribution in [0, 0.1) is 5.92 Å². The van der Waals surface area contributed by atoms with Crippen molar-refractivity contribution in [1.29, 1.82) is 0 Å². The molecule has 2 fully saturated rings. The first kappa shape index (κ1) is 17.1. The van der Waals surface area contributed by atoms with Gasteiger partial charge < -0.3 is 14.4 Å². The van der Waals surface area contributed by atoms with E-state index < -0.39 is 0 Å². The average Bonchev–Trinajstić information content (AvgIpc) is 2.58. The topological polar surface area (TPSA) is 64.6 Å². The summed E-state index contributed by atoms with van der Waals surface area (Å²) in [5.74, 6) is 1.24. The van der Waals surface area contributed by atoms with Crippen molar-refractivity contribution < 1.29 is 14.3 Å². The molecule has 126 valence electrons. The fourth-order valence-corrected chi connectivity index (χ4v) is 3.58. The van der Waals surface area contributed by atoms with E-state index in [9.17, 15) is 4.79 Å². The number of ether oxygens (including phenoxy) is 2. The van der Waals surface area contributed by atoms with Crippen LogP contribution >= 0.6 is 27.5 Å². The third-order valence-corrected chi connectivity index (χ3v) is 5.04. The minimum Gasteiger partial charge on any atom is -0.381 e. The highest BCUT2D eigenvalue weighted by molar-refractivity contribution is 9.10. The van der Waals surface area contributed by atoms with Crippen LogP contribution in [-0.2, 0) is 14.3 Å². The molecule has 1 unspecified atom stereocenters. The fraction of sp³-hybridized carbons (Fsp3) is 0.667. The SMILES string of the molecule is O=C(CC1CCOCC1)C1COCCN1c1nc(Cl)ncc1Br. The summed E-state index contributed by atoms with van der Waals surface area (Å²) in [6.45, 7) is 3.05. The van der Waals surface area contributed by atoms with Crippen LogP contribution in [0.1, 0.15) is 19.3 Å². The van der Waals surface area contributed by atoms with Crippen LogP contribution in [0.3, 0.4) is 0 Å². The highest BCUT2D eigenvalue weighted by Gasteiger charge is 2.33. The number of nitrogens with zero attached hydrogens (tertiary/aromatic N) is 3. The predicted octanol–water partition coefficient (Wildman–Crippen LogP) is 2.48. The van der Waals surface area contributed by atoms with Gasteiger partial charge in [-0.1, -0.05) is 0 Å². The summed E-state index contributed by atoms with van der Waals surface area (Å²) >= 11 is 9.37. The van der Waals surface area contributed by atoms with Gasteiger partial charge in [-0.05, 0) is 46.3 Å². The smallest absolute Gasteiger partial charge is 0.224 e. The van der Waals surface area contributed by atoms with Crippen molar-refractivity contribution in [3.05, 3.63) is 16.0 Å². The molecule has 0 aromatic carbocycles. The number of ketones is 1. The third-order valence-electron chi connectivity index (χ3n) is 4.30. The lowest BCUT2D eigenvalue weighted by atomic mass is 9.91. The van der Waals surface area contributed by atoms with Gasteiger partial charge in [0, 0.05) is 32.4 Å². The van der Waals surface area contributed by atoms with Crippen molar-refractivity contribution in [2.45, 2.75) is 25.3 Å². The Labute approximate surface area is 148 Å². The standard InChI is InChI=1S/C15H19BrClN3O3/c16-11-8-18-15(17)19-14(11)20-3-6-23-9-12(20)13(21)7-10-1-4-22-5-2-10/h8,10,12H,1-7,9H2. The number of carbonyl (C=O) groups is 1. The minimum absolute atomic E-state index is 0.172. The van der Waals surface area contributed by atoms with Crippen molar-refractivity contribution in [2.75, 3.05) is 37.9 Å². The predicted molar refractivity (Wildman–Crippen MR) is 89.9 cm³/mol. The van der Waals surface area contributed by atoms with Crippen LogP contribution in [0.25, 0.3) is 0 Å². The van der Waals surface area contributed by atoms with Gasteiger partial charge >= 0.3 is 0 Å². The van der Waals surface area contributed by atoms with E-state index in [0.29, 0.717) is 37.9 Å². The lowest BCUT2D eigenvalue weighted by Gasteiger charge is -2.36. The van der Waals surface area contributed by atoms with Crippen LogP contribution in [0.5, 0.6) is 0 Å². The van der Waals surface area contributed by atoms with Crippen molar-refractivity contribution in [1.82, 2.24) is 9.97 Å². The van der Waals surface area contributed by atoms with Gasteiger partial charge in [0.25, 0.3) is 0 Å². The summed E-state index contributed by atoms with van der Waals surface area (Å²) in [6.07, 6.45) is 4.06. The highest BCUT2D eigenvalue weighted by Crippen LogP contribution is 2.29. The second-order valence-corrected chi connectivity index (χ2v) is 7.01. The molecule has 0 aliphatic carbocycles. The summed E-state index contributed by atoms with van der Waals surface area (Å²) in [7, 11) is 0. The van der Waals surface area contributed by atoms with Gasteiger partial charge in [-0.2, -0.15) is 4.98 Å². The molecule has 2 aliphatic rings. The molecule has 6 nitrogen and oxygen atoms in total. The first-order valence-electron chi connectivity index (χ1n) is 7.78. The minimum atomic E-state index is -0.325. The van der Waals surface area contributed by atoms with Crippen LogP contribution in [0.2, 0.25) is 5.28 Å². The summed E-state index contributed by atoms with van der Waals surface area (Å²) in [5, 5.41) is 0.172. The fourth-order valence-electron chi connectivity index (χ4n) is 3.03. The Hall–Kier alpha value is -0.760. The number of hydrogen-bond donors (Lipinski definition) is 0. The van der Waals surface area contributed by atoms with Crippen LogP contribution < -0.4 is 4.90 Å². The first-order chi connectivity index (χ1) is 11.1. The maximum absolute atomic E-state index is 12.8.